The number of imidazole rings is 1. The Morgan fingerprint density at radius 1 is 1.50 bits per heavy atom. The molecule has 0 saturated heterocycles. The largest absolute Gasteiger partial charge is 0.375 e. The molecule has 0 unspecified atom stereocenters. The number of thiazole rings is 1. The van der Waals surface area contributed by atoms with Crippen molar-refractivity contribution in [1.29, 1.82) is 0 Å². The predicted molar refractivity (Wildman–Crippen MR) is 57.3 cm³/mol. The molecular formula is C9H12N4S. The number of hydrogen-bond donors (Lipinski definition) is 1. The summed E-state index contributed by atoms with van der Waals surface area (Å²) in [5.41, 5.74) is 8.79. The van der Waals surface area contributed by atoms with Crippen molar-refractivity contribution in [3.63, 3.8) is 0 Å². The van der Waals surface area contributed by atoms with Gasteiger partial charge in [-0.25, -0.2) is 9.97 Å². The molecule has 14 heavy (non-hydrogen) atoms. The Hall–Kier alpha value is -1.36. The summed E-state index contributed by atoms with van der Waals surface area (Å²) >= 11 is 1.47. The first-order valence-corrected chi connectivity index (χ1v) is 5.23. The maximum Gasteiger partial charge on any atom is 0.180 e. The first-order valence-electron chi connectivity index (χ1n) is 4.35. The Labute approximate surface area is 86.4 Å². The summed E-state index contributed by atoms with van der Waals surface area (Å²) in [5.74, 6) is 0. The lowest BCUT2D eigenvalue weighted by Crippen LogP contribution is -2.01. The lowest BCUT2D eigenvalue weighted by Gasteiger charge is -2.01. The number of nitrogens with two attached hydrogens (primary N) is 1. The highest BCUT2D eigenvalue weighted by atomic mass is 32.1. The van der Waals surface area contributed by atoms with Gasteiger partial charge in [-0.1, -0.05) is 0 Å². The quantitative estimate of drug-likeness (QED) is 0.815. The van der Waals surface area contributed by atoms with Gasteiger partial charge < -0.3 is 10.3 Å². The molecule has 5 heteroatoms. The van der Waals surface area contributed by atoms with Crippen molar-refractivity contribution in [2.75, 3.05) is 5.73 Å². The summed E-state index contributed by atoms with van der Waals surface area (Å²) in [5, 5.41) is 2.60. The summed E-state index contributed by atoms with van der Waals surface area (Å²) in [7, 11) is 0. The van der Waals surface area contributed by atoms with Crippen molar-refractivity contribution in [3.05, 3.63) is 28.8 Å². The van der Waals surface area contributed by atoms with E-state index in [1.54, 1.807) is 0 Å². The van der Waals surface area contributed by atoms with Gasteiger partial charge in [-0.15, -0.1) is 11.3 Å². The SMILES string of the molecule is Cc1ncn(Cc2csc(N)n2)c1C. The van der Waals surface area contributed by atoms with E-state index in [-0.39, 0.29) is 0 Å². The molecule has 0 aliphatic rings. The molecule has 2 N–H and O–H groups in total. The van der Waals surface area contributed by atoms with Crippen LogP contribution in [0, 0.1) is 13.8 Å². The average Bonchev–Trinajstić information content (AvgIpc) is 2.67. The fourth-order valence-electron chi connectivity index (χ4n) is 1.27. The molecule has 0 atom stereocenters. The zero-order valence-electron chi connectivity index (χ0n) is 8.19. The highest BCUT2D eigenvalue weighted by molar-refractivity contribution is 7.13. The fraction of sp³-hybridized carbons (Fsp3) is 0.333. The van der Waals surface area contributed by atoms with Gasteiger partial charge in [-0.3, -0.25) is 0 Å². The van der Waals surface area contributed by atoms with Crippen molar-refractivity contribution in [2.45, 2.75) is 20.4 Å². The van der Waals surface area contributed by atoms with Gasteiger partial charge in [0, 0.05) is 11.1 Å². The minimum Gasteiger partial charge on any atom is -0.375 e. The standard InChI is InChI=1S/C9H12N4S/c1-6-7(2)13(5-11-6)3-8-4-14-9(10)12-8/h4-5H,3H2,1-2H3,(H2,10,12). The predicted octanol–water partition coefficient (Wildman–Crippen LogP) is 1.59. The summed E-state index contributed by atoms with van der Waals surface area (Å²) in [6.07, 6.45) is 1.83. The van der Waals surface area contributed by atoms with Crippen molar-refractivity contribution in [1.82, 2.24) is 14.5 Å². The van der Waals surface area contributed by atoms with Crippen molar-refractivity contribution < 1.29 is 0 Å². The molecular weight excluding hydrogens is 196 g/mol. The summed E-state index contributed by atoms with van der Waals surface area (Å²) < 4.78 is 2.07. The second-order valence-electron chi connectivity index (χ2n) is 3.22. The van der Waals surface area contributed by atoms with Crippen LogP contribution in [-0.4, -0.2) is 14.5 Å². The number of rotatable bonds is 2. The Kier molecular flexibility index (Phi) is 2.25. The third kappa shape index (κ3) is 1.63. The van der Waals surface area contributed by atoms with Crippen LogP contribution in [0.1, 0.15) is 17.1 Å². The maximum absolute atomic E-state index is 5.56. The van der Waals surface area contributed by atoms with Crippen LogP contribution in [0.4, 0.5) is 5.13 Å². The van der Waals surface area contributed by atoms with Crippen LogP contribution in [0.15, 0.2) is 11.7 Å². The zero-order chi connectivity index (χ0) is 10.1. The number of nitrogen functional groups attached to an aromatic ring is 1. The van der Waals surface area contributed by atoms with Crippen LogP contribution < -0.4 is 5.73 Å². The van der Waals surface area contributed by atoms with Gasteiger partial charge in [0.25, 0.3) is 0 Å². The van der Waals surface area contributed by atoms with Crippen LogP contribution in [0.5, 0.6) is 0 Å². The fourth-order valence-corrected chi connectivity index (χ4v) is 1.83. The van der Waals surface area contributed by atoms with Gasteiger partial charge >= 0.3 is 0 Å². The third-order valence-electron chi connectivity index (χ3n) is 2.25. The molecule has 0 aliphatic carbocycles. The molecule has 0 aromatic carbocycles. The van der Waals surface area contributed by atoms with Crippen LogP contribution in [0.2, 0.25) is 0 Å². The molecule has 0 radical (unpaired) electrons. The molecule has 0 aliphatic heterocycles. The number of aryl methyl sites for hydroxylation is 1. The monoisotopic (exact) mass is 208 g/mol. The number of nitrogens with zero attached hydrogens (tertiary/aromatic N) is 3. The normalized spacial score (nSPS) is 10.7. The summed E-state index contributed by atoms with van der Waals surface area (Å²) in [6, 6.07) is 0. The Morgan fingerprint density at radius 3 is 2.79 bits per heavy atom. The van der Waals surface area contributed by atoms with E-state index in [0.29, 0.717) is 5.13 Å². The smallest absolute Gasteiger partial charge is 0.180 e. The molecule has 0 saturated carbocycles. The van der Waals surface area contributed by atoms with E-state index in [1.807, 2.05) is 18.6 Å². The molecule has 0 bridgehead atoms. The van der Waals surface area contributed by atoms with Crippen LogP contribution >= 0.6 is 11.3 Å². The Balaban J connectivity index is 2.22. The van der Waals surface area contributed by atoms with E-state index in [9.17, 15) is 0 Å². The zero-order valence-corrected chi connectivity index (χ0v) is 9.01. The molecule has 4 nitrogen and oxygen atoms in total. The first-order chi connectivity index (χ1) is 6.66. The van der Waals surface area contributed by atoms with E-state index in [0.717, 1.165) is 17.9 Å². The van der Waals surface area contributed by atoms with Crippen molar-refractivity contribution in [3.8, 4) is 0 Å². The molecule has 0 fully saturated rings. The molecule has 2 aromatic rings. The molecule has 2 heterocycles. The lowest BCUT2D eigenvalue weighted by atomic mass is 10.3. The topological polar surface area (TPSA) is 56.7 Å². The highest BCUT2D eigenvalue weighted by Gasteiger charge is 2.04. The van der Waals surface area contributed by atoms with Gasteiger partial charge in [0.15, 0.2) is 5.13 Å². The molecule has 2 rings (SSSR count). The first kappa shape index (κ1) is 9.21. The highest BCUT2D eigenvalue weighted by Crippen LogP contribution is 2.13. The van der Waals surface area contributed by atoms with Crippen LogP contribution in [-0.2, 0) is 6.54 Å². The van der Waals surface area contributed by atoms with Gasteiger partial charge in [0.2, 0.25) is 0 Å². The number of hydrogen-bond acceptors (Lipinski definition) is 4. The molecule has 0 amide bonds. The van der Waals surface area contributed by atoms with Gasteiger partial charge in [0.05, 0.1) is 24.3 Å². The van der Waals surface area contributed by atoms with Crippen LogP contribution in [0.25, 0.3) is 0 Å². The maximum atomic E-state index is 5.56. The average molecular weight is 208 g/mol. The summed E-state index contributed by atoms with van der Waals surface area (Å²) in [4.78, 5) is 8.43. The number of anilines is 1. The lowest BCUT2D eigenvalue weighted by molar-refractivity contribution is 0.753. The van der Waals surface area contributed by atoms with E-state index in [4.69, 9.17) is 5.73 Å². The summed E-state index contributed by atoms with van der Waals surface area (Å²) in [6.45, 7) is 4.81. The van der Waals surface area contributed by atoms with E-state index in [1.165, 1.54) is 17.0 Å². The van der Waals surface area contributed by atoms with Gasteiger partial charge in [-0.2, -0.15) is 0 Å². The van der Waals surface area contributed by atoms with Gasteiger partial charge in [0.1, 0.15) is 0 Å². The molecule has 74 valence electrons. The Morgan fingerprint density at radius 2 is 2.29 bits per heavy atom. The Bertz CT molecular complexity index is 443. The van der Waals surface area contributed by atoms with E-state index in [2.05, 4.69) is 21.5 Å². The molecule has 0 spiro atoms. The van der Waals surface area contributed by atoms with Crippen molar-refractivity contribution >= 4 is 16.5 Å². The number of aromatic nitrogens is 3. The van der Waals surface area contributed by atoms with Crippen LogP contribution in [0.3, 0.4) is 0 Å². The second kappa shape index (κ2) is 3.42. The van der Waals surface area contributed by atoms with E-state index >= 15 is 0 Å². The second-order valence-corrected chi connectivity index (χ2v) is 4.11. The van der Waals surface area contributed by atoms with Crippen molar-refractivity contribution in [2.24, 2.45) is 0 Å². The minimum absolute atomic E-state index is 0.620. The third-order valence-corrected chi connectivity index (χ3v) is 2.97. The minimum atomic E-state index is 0.620. The molecule has 2 aromatic heterocycles. The van der Waals surface area contributed by atoms with Gasteiger partial charge in [-0.05, 0) is 13.8 Å². The van der Waals surface area contributed by atoms with E-state index < -0.39 is 0 Å².